The predicted octanol–water partition coefficient (Wildman–Crippen LogP) is 0.695. The Balaban J connectivity index is 1.49. The van der Waals surface area contributed by atoms with Crippen molar-refractivity contribution in [3.8, 4) is 0 Å². The van der Waals surface area contributed by atoms with E-state index in [0.717, 1.165) is 25.7 Å². The monoisotopic (exact) mass is 398 g/mol. The third-order valence-electron chi connectivity index (χ3n) is 6.34. The number of amides is 4. The number of carbonyl (C=O) groups is 4. The van der Waals surface area contributed by atoms with Gasteiger partial charge in [0.1, 0.15) is 6.04 Å². The average molecular weight is 398 g/mol. The largest absolute Gasteiger partial charge is 0.349 e. The lowest BCUT2D eigenvalue weighted by molar-refractivity contribution is -0.136. The maximum absolute atomic E-state index is 12.9. The van der Waals surface area contributed by atoms with Gasteiger partial charge in [0, 0.05) is 30.1 Å². The van der Waals surface area contributed by atoms with E-state index in [1.54, 1.807) is 18.2 Å². The molecule has 0 aromatic heterocycles. The molecule has 4 N–H and O–H groups in total. The van der Waals surface area contributed by atoms with Gasteiger partial charge in [-0.05, 0) is 62.3 Å². The van der Waals surface area contributed by atoms with Crippen molar-refractivity contribution in [3.63, 3.8) is 0 Å². The Hall–Kier alpha value is -2.74. The van der Waals surface area contributed by atoms with Crippen LogP contribution in [0.5, 0.6) is 0 Å². The number of nitrogens with one attached hydrogen (secondary N) is 2. The van der Waals surface area contributed by atoms with Gasteiger partial charge in [-0.15, -0.1) is 0 Å². The number of fused-ring (bicyclic) bond motifs is 1. The van der Waals surface area contributed by atoms with Gasteiger partial charge in [-0.3, -0.25) is 24.5 Å². The fraction of sp³-hybridized carbons (Fsp3) is 0.524. The first-order valence-electron chi connectivity index (χ1n) is 10.3. The van der Waals surface area contributed by atoms with Crippen LogP contribution in [-0.2, 0) is 16.1 Å². The highest BCUT2D eigenvalue weighted by molar-refractivity contribution is 6.07. The highest BCUT2D eigenvalue weighted by atomic mass is 16.2. The Bertz CT molecular complexity index is 860. The Labute approximate surface area is 169 Å². The summed E-state index contributed by atoms with van der Waals surface area (Å²) < 4.78 is 0. The average Bonchev–Trinajstić information content (AvgIpc) is 3.05. The summed E-state index contributed by atoms with van der Waals surface area (Å²) in [6, 6.07) is 4.54. The number of rotatable bonds is 4. The summed E-state index contributed by atoms with van der Waals surface area (Å²) in [4.78, 5) is 50.9. The number of benzene rings is 1. The zero-order chi connectivity index (χ0) is 20.5. The van der Waals surface area contributed by atoms with Crippen LogP contribution in [0.4, 0.5) is 0 Å². The molecule has 0 bridgehead atoms. The van der Waals surface area contributed by atoms with E-state index in [4.69, 9.17) is 5.73 Å². The van der Waals surface area contributed by atoms with Crippen molar-refractivity contribution in [3.05, 3.63) is 34.9 Å². The molecule has 1 atom stereocenters. The fourth-order valence-electron chi connectivity index (χ4n) is 4.60. The third kappa shape index (κ3) is 3.76. The van der Waals surface area contributed by atoms with Gasteiger partial charge in [0.25, 0.3) is 11.8 Å². The summed E-state index contributed by atoms with van der Waals surface area (Å²) in [6.07, 6.45) is 4.34. The summed E-state index contributed by atoms with van der Waals surface area (Å²) in [5.74, 6) is -0.697. The van der Waals surface area contributed by atoms with Gasteiger partial charge < -0.3 is 16.0 Å². The van der Waals surface area contributed by atoms with Gasteiger partial charge in [-0.2, -0.15) is 0 Å². The third-order valence-corrected chi connectivity index (χ3v) is 6.34. The Morgan fingerprint density at radius 2 is 1.90 bits per heavy atom. The number of nitrogens with zero attached hydrogens (tertiary/aromatic N) is 1. The lowest BCUT2D eigenvalue weighted by atomic mass is 9.86. The number of carbonyl (C=O) groups excluding carboxylic acids is 4. The second-order valence-corrected chi connectivity index (χ2v) is 8.16. The van der Waals surface area contributed by atoms with Gasteiger partial charge >= 0.3 is 0 Å². The van der Waals surface area contributed by atoms with E-state index in [1.807, 2.05) is 0 Å². The molecule has 154 valence electrons. The smallest absolute Gasteiger partial charge is 0.255 e. The summed E-state index contributed by atoms with van der Waals surface area (Å²) in [5.41, 5.74) is 7.32. The SMILES string of the molecule is NCC1CCC(NC(=O)c2cccc3c2CN(C2CCC(=O)NC2=O)C3=O)CC1. The van der Waals surface area contributed by atoms with Gasteiger partial charge in [0.2, 0.25) is 11.8 Å². The van der Waals surface area contributed by atoms with Gasteiger partial charge in [-0.25, -0.2) is 0 Å². The molecule has 0 spiro atoms. The number of piperidine rings is 1. The number of nitrogens with two attached hydrogens (primary N) is 1. The summed E-state index contributed by atoms with van der Waals surface area (Å²) in [7, 11) is 0. The normalized spacial score (nSPS) is 26.9. The zero-order valence-corrected chi connectivity index (χ0v) is 16.3. The van der Waals surface area contributed by atoms with Crippen molar-refractivity contribution in [2.75, 3.05) is 6.54 Å². The molecule has 1 saturated heterocycles. The summed E-state index contributed by atoms with van der Waals surface area (Å²) >= 11 is 0. The molecule has 4 amide bonds. The second kappa shape index (κ2) is 7.94. The summed E-state index contributed by atoms with van der Waals surface area (Å²) in [6.45, 7) is 0.884. The highest BCUT2D eigenvalue weighted by Gasteiger charge is 2.40. The van der Waals surface area contributed by atoms with Crippen molar-refractivity contribution in [1.82, 2.24) is 15.5 Å². The van der Waals surface area contributed by atoms with Crippen LogP contribution in [0.15, 0.2) is 18.2 Å². The number of hydrogen-bond acceptors (Lipinski definition) is 5. The molecule has 1 aromatic rings. The lowest BCUT2D eigenvalue weighted by Crippen LogP contribution is -2.52. The first kappa shape index (κ1) is 19.6. The Morgan fingerprint density at radius 3 is 2.59 bits per heavy atom. The van der Waals surface area contributed by atoms with Crippen LogP contribution in [0, 0.1) is 5.92 Å². The molecule has 1 aliphatic carbocycles. The van der Waals surface area contributed by atoms with Crippen molar-refractivity contribution in [1.29, 1.82) is 0 Å². The first-order chi connectivity index (χ1) is 14.0. The number of imide groups is 1. The highest BCUT2D eigenvalue weighted by Crippen LogP contribution is 2.30. The molecule has 3 aliphatic rings. The van der Waals surface area contributed by atoms with Crippen molar-refractivity contribution in [2.24, 2.45) is 11.7 Å². The van der Waals surface area contributed by atoms with E-state index in [2.05, 4.69) is 10.6 Å². The molecule has 1 saturated carbocycles. The molecular weight excluding hydrogens is 372 g/mol. The standard InChI is InChI=1S/C21H26N4O4/c22-10-12-4-6-13(7-5-12)23-19(27)14-2-1-3-15-16(14)11-25(21(15)29)17-8-9-18(26)24-20(17)28/h1-3,12-13,17H,4-11,22H2,(H,23,27)(H,24,26,28). The quantitative estimate of drug-likeness (QED) is 0.645. The Morgan fingerprint density at radius 1 is 1.14 bits per heavy atom. The minimum Gasteiger partial charge on any atom is -0.349 e. The van der Waals surface area contributed by atoms with Gasteiger partial charge in [-0.1, -0.05) is 6.07 Å². The van der Waals surface area contributed by atoms with Crippen LogP contribution in [0.25, 0.3) is 0 Å². The van der Waals surface area contributed by atoms with Crippen molar-refractivity contribution >= 4 is 23.6 Å². The molecule has 4 rings (SSSR count). The maximum atomic E-state index is 12.9. The minimum absolute atomic E-state index is 0.115. The lowest BCUT2D eigenvalue weighted by Gasteiger charge is -2.29. The molecule has 2 heterocycles. The van der Waals surface area contributed by atoms with E-state index in [1.165, 1.54) is 4.90 Å². The molecule has 1 unspecified atom stereocenters. The zero-order valence-electron chi connectivity index (χ0n) is 16.3. The molecule has 1 aromatic carbocycles. The number of hydrogen-bond donors (Lipinski definition) is 3. The molecule has 0 radical (unpaired) electrons. The second-order valence-electron chi connectivity index (χ2n) is 8.16. The van der Waals surface area contributed by atoms with Crippen LogP contribution in [0.3, 0.4) is 0 Å². The van der Waals surface area contributed by atoms with E-state index >= 15 is 0 Å². The summed E-state index contributed by atoms with van der Waals surface area (Å²) in [5, 5.41) is 5.39. The molecule has 8 nitrogen and oxygen atoms in total. The van der Waals surface area contributed by atoms with E-state index in [-0.39, 0.29) is 36.7 Å². The molecular formula is C21H26N4O4. The van der Waals surface area contributed by atoms with Crippen LogP contribution in [-0.4, -0.2) is 47.2 Å². The predicted molar refractivity (Wildman–Crippen MR) is 105 cm³/mol. The van der Waals surface area contributed by atoms with E-state index in [9.17, 15) is 19.2 Å². The minimum atomic E-state index is -0.685. The molecule has 2 aliphatic heterocycles. The Kier molecular flexibility index (Phi) is 5.36. The fourth-order valence-corrected chi connectivity index (χ4v) is 4.60. The van der Waals surface area contributed by atoms with Crippen LogP contribution in [0.1, 0.15) is 64.8 Å². The van der Waals surface area contributed by atoms with Crippen molar-refractivity contribution in [2.45, 2.75) is 57.2 Å². The molecule has 8 heteroatoms. The van der Waals surface area contributed by atoms with Crippen molar-refractivity contribution < 1.29 is 19.2 Å². The van der Waals surface area contributed by atoms with Crippen LogP contribution >= 0.6 is 0 Å². The first-order valence-corrected chi connectivity index (χ1v) is 10.3. The molecule has 29 heavy (non-hydrogen) atoms. The van der Waals surface area contributed by atoms with E-state index < -0.39 is 11.9 Å². The van der Waals surface area contributed by atoms with Crippen LogP contribution in [0.2, 0.25) is 0 Å². The van der Waals surface area contributed by atoms with Gasteiger partial charge in [0.05, 0.1) is 0 Å². The van der Waals surface area contributed by atoms with Gasteiger partial charge in [0.15, 0.2) is 0 Å². The van der Waals surface area contributed by atoms with E-state index in [0.29, 0.717) is 35.6 Å². The topological polar surface area (TPSA) is 122 Å². The van der Waals surface area contributed by atoms with Crippen LogP contribution < -0.4 is 16.4 Å². The maximum Gasteiger partial charge on any atom is 0.255 e. The molecule has 2 fully saturated rings.